The van der Waals surface area contributed by atoms with E-state index in [4.69, 9.17) is 0 Å². The Hall–Kier alpha value is -3.68. The molecular formula is C17H14N4O4. The zero-order valence-corrected chi connectivity index (χ0v) is 13.3. The van der Waals surface area contributed by atoms with Crippen molar-refractivity contribution in [3.8, 4) is 0 Å². The Morgan fingerprint density at radius 2 is 1.84 bits per heavy atom. The average Bonchev–Trinajstić information content (AvgIpc) is 2.61. The fourth-order valence-electron chi connectivity index (χ4n) is 2.05. The van der Waals surface area contributed by atoms with E-state index in [1.54, 1.807) is 18.5 Å². The number of nitro benzene ring substituents is 2. The topological polar surface area (TPSA) is 112 Å². The Labute approximate surface area is 143 Å². The monoisotopic (exact) mass is 338 g/mol. The van der Waals surface area contributed by atoms with Crippen molar-refractivity contribution < 1.29 is 9.85 Å². The van der Waals surface area contributed by atoms with E-state index in [0.29, 0.717) is 0 Å². The number of non-ortho nitro benzene ring substituents is 1. The van der Waals surface area contributed by atoms with Crippen LogP contribution in [0.4, 0.5) is 17.1 Å². The van der Waals surface area contributed by atoms with Gasteiger partial charge in [-0.15, -0.1) is 0 Å². The van der Waals surface area contributed by atoms with E-state index in [9.17, 15) is 20.2 Å². The smallest absolute Gasteiger partial charge is 0.265 e. The number of nitro groups is 2. The lowest BCUT2D eigenvalue weighted by Gasteiger charge is -2.00. The third-order valence-corrected chi connectivity index (χ3v) is 3.19. The minimum absolute atomic E-state index is 0.0430. The first-order chi connectivity index (χ1) is 12.0. The van der Waals surface area contributed by atoms with Crippen molar-refractivity contribution in [2.45, 2.75) is 6.92 Å². The number of benzene rings is 1. The fraction of sp³-hybridized carbons (Fsp3) is 0.0588. The Bertz CT molecular complexity index is 873. The van der Waals surface area contributed by atoms with Crippen LogP contribution in [0.2, 0.25) is 0 Å². The Morgan fingerprint density at radius 3 is 2.44 bits per heavy atom. The molecule has 8 heteroatoms. The summed E-state index contributed by atoms with van der Waals surface area (Å²) >= 11 is 0. The Balaban J connectivity index is 2.37. The maximum Gasteiger partial charge on any atom is 0.301 e. The fourth-order valence-corrected chi connectivity index (χ4v) is 2.05. The van der Waals surface area contributed by atoms with Gasteiger partial charge in [-0.2, -0.15) is 0 Å². The maximum atomic E-state index is 11.1. The van der Waals surface area contributed by atoms with Gasteiger partial charge in [0.1, 0.15) is 5.69 Å². The molecule has 0 amide bonds. The first kappa shape index (κ1) is 17.7. The second-order valence-corrected chi connectivity index (χ2v) is 4.82. The number of aliphatic imine (C=N–C) groups is 1. The molecule has 0 bridgehead atoms. The molecule has 0 radical (unpaired) electrons. The Morgan fingerprint density at radius 1 is 1.12 bits per heavy atom. The minimum atomic E-state index is -0.695. The van der Waals surface area contributed by atoms with Crippen molar-refractivity contribution in [2.75, 3.05) is 0 Å². The van der Waals surface area contributed by atoms with E-state index in [1.807, 2.05) is 31.2 Å². The number of hydrogen-bond acceptors (Lipinski definition) is 6. The van der Waals surface area contributed by atoms with E-state index in [1.165, 1.54) is 18.3 Å². The van der Waals surface area contributed by atoms with Gasteiger partial charge in [-0.3, -0.25) is 25.2 Å². The van der Waals surface area contributed by atoms with Crippen molar-refractivity contribution in [1.29, 1.82) is 0 Å². The summed E-state index contributed by atoms with van der Waals surface area (Å²) in [6, 6.07) is 6.98. The molecule has 0 saturated heterocycles. The molecule has 0 saturated carbocycles. The van der Waals surface area contributed by atoms with Crippen molar-refractivity contribution in [1.82, 2.24) is 4.98 Å². The van der Waals surface area contributed by atoms with Crippen LogP contribution in [0.3, 0.4) is 0 Å². The minimum Gasteiger partial charge on any atom is -0.265 e. The molecule has 0 unspecified atom stereocenters. The maximum absolute atomic E-state index is 11.1. The zero-order chi connectivity index (χ0) is 18.2. The lowest BCUT2D eigenvalue weighted by Crippen LogP contribution is -1.92. The number of allylic oxidation sites excluding steroid dienone is 4. The molecule has 8 nitrogen and oxygen atoms in total. The van der Waals surface area contributed by atoms with Gasteiger partial charge in [0.25, 0.3) is 5.69 Å². The standard InChI is InChI=1S/C17H14N4O4/c1-2-3-13(14-6-9-18-10-7-14)8-11-19-16-5-4-15(20(22)23)12-17(16)21(24)25/h2-12H,1H3/b3-2-,13-8+,19-11?. The van der Waals surface area contributed by atoms with E-state index < -0.39 is 15.5 Å². The summed E-state index contributed by atoms with van der Waals surface area (Å²) in [7, 11) is 0. The van der Waals surface area contributed by atoms with E-state index in [2.05, 4.69) is 9.98 Å². The Kier molecular flexibility index (Phi) is 5.83. The number of aromatic nitrogens is 1. The van der Waals surface area contributed by atoms with Gasteiger partial charge in [-0.25, -0.2) is 4.99 Å². The number of nitrogens with zero attached hydrogens (tertiary/aromatic N) is 4. The zero-order valence-electron chi connectivity index (χ0n) is 13.3. The molecule has 0 aliphatic heterocycles. The van der Waals surface area contributed by atoms with Gasteiger partial charge in [-0.1, -0.05) is 12.2 Å². The van der Waals surface area contributed by atoms with E-state index in [-0.39, 0.29) is 11.4 Å². The highest BCUT2D eigenvalue weighted by molar-refractivity contribution is 5.90. The van der Waals surface area contributed by atoms with Crippen molar-refractivity contribution >= 4 is 28.8 Å². The van der Waals surface area contributed by atoms with Gasteiger partial charge < -0.3 is 0 Å². The lowest BCUT2D eigenvalue weighted by atomic mass is 10.1. The largest absolute Gasteiger partial charge is 0.301 e. The molecule has 0 atom stereocenters. The van der Waals surface area contributed by atoms with Crippen LogP contribution in [-0.2, 0) is 0 Å². The highest BCUT2D eigenvalue weighted by Gasteiger charge is 2.18. The molecule has 2 rings (SSSR count). The third-order valence-electron chi connectivity index (χ3n) is 3.19. The lowest BCUT2D eigenvalue weighted by molar-refractivity contribution is -0.393. The second kappa shape index (κ2) is 8.25. The van der Waals surface area contributed by atoms with Crippen LogP contribution in [0.5, 0.6) is 0 Å². The van der Waals surface area contributed by atoms with Gasteiger partial charge >= 0.3 is 5.69 Å². The molecule has 1 heterocycles. The van der Waals surface area contributed by atoms with Gasteiger partial charge in [0.15, 0.2) is 0 Å². The molecule has 1 aromatic carbocycles. The third kappa shape index (κ3) is 4.64. The molecule has 0 fully saturated rings. The van der Waals surface area contributed by atoms with Gasteiger partial charge in [0.2, 0.25) is 0 Å². The molecule has 1 aromatic heterocycles. The number of pyridine rings is 1. The van der Waals surface area contributed by atoms with Crippen LogP contribution >= 0.6 is 0 Å². The van der Waals surface area contributed by atoms with Crippen molar-refractivity contribution in [2.24, 2.45) is 4.99 Å². The molecule has 0 spiro atoms. The normalized spacial score (nSPS) is 12.0. The van der Waals surface area contributed by atoms with Gasteiger partial charge in [0, 0.05) is 24.7 Å². The molecule has 126 valence electrons. The highest BCUT2D eigenvalue weighted by Crippen LogP contribution is 2.31. The van der Waals surface area contributed by atoms with Crippen LogP contribution in [0, 0.1) is 20.2 Å². The highest BCUT2D eigenvalue weighted by atomic mass is 16.6. The molecule has 0 aliphatic rings. The number of rotatable bonds is 6. The summed E-state index contributed by atoms with van der Waals surface area (Å²) in [4.78, 5) is 28.5. The summed E-state index contributed by atoms with van der Waals surface area (Å²) < 4.78 is 0. The van der Waals surface area contributed by atoms with Crippen LogP contribution in [0.15, 0.2) is 65.9 Å². The van der Waals surface area contributed by atoms with Crippen molar-refractivity contribution in [3.05, 3.63) is 86.7 Å². The average molecular weight is 338 g/mol. The van der Waals surface area contributed by atoms with Crippen LogP contribution < -0.4 is 0 Å². The molecule has 0 N–H and O–H groups in total. The summed E-state index contributed by atoms with van der Waals surface area (Å²) in [6.07, 6.45) is 10.2. The number of hydrogen-bond donors (Lipinski definition) is 0. The summed E-state index contributed by atoms with van der Waals surface area (Å²) in [5.41, 5.74) is 1.03. The van der Waals surface area contributed by atoms with Crippen LogP contribution in [0.1, 0.15) is 12.5 Å². The van der Waals surface area contributed by atoms with Gasteiger partial charge in [0.05, 0.1) is 15.9 Å². The quantitative estimate of drug-likeness (QED) is 0.338. The molecule has 0 aliphatic carbocycles. The van der Waals surface area contributed by atoms with Crippen LogP contribution in [0.25, 0.3) is 5.57 Å². The predicted octanol–water partition coefficient (Wildman–Crippen LogP) is 4.26. The van der Waals surface area contributed by atoms with Gasteiger partial charge in [-0.05, 0) is 42.3 Å². The summed E-state index contributed by atoms with van der Waals surface area (Å²) in [5.74, 6) is 0. The second-order valence-electron chi connectivity index (χ2n) is 4.82. The first-order valence-electron chi connectivity index (χ1n) is 7.23. The molecular weight excluding hydrogens is 324 g/mol. The summed E-state index contributed by atoms with van der Waals surface area (Å²) in [6.45, 7) is 1.87. The molecule has 25 heavy (non-hydrogen) atoms. The van der Waals surface area contributed by atoms with E-state index in [0.717, 1.165) is 17.2 Å². The first-order valence-corrected chi connectivity index (χ1v) is 7.23. The van der Waals surface area contributed by atoms with Crippen molar-refractivity contribution in [3.63, 3.8) is 0 Å². The molecule has 2 aromatic rings. The predicted molar refractivity (Wildman–Crippen MR) is 94.9 cm³/mol. The summed E-state index contributed by atoms with van der Waals surface area (Å²) in [5, 5.41) is 21.8. The SMILES string of the molecule is C/C=C\C(=C/C=Nc1ccc([N+](=O)[O-])cc1[N+](=O)[O-])c1ccncc1. The van der Waals surface area contributed by atoms with E-state index >= 15 is 0 Å². The van der Waals surface area contributed by atoms with Crippen LogP contribution in [-0.4, -0.2) is 21.0 Å².